The van der Waals surface area contributed by atoms with Crippen LogP contribution in [-0.2, 0) is 4.79 Å². The fraction of sp³-hybridized carbons (Fsp3) is 0.300. The minimum atomic E-state index is -0.821. The molecule has 0 aromatic heterocycles. The van der Waals surface area contributed by atoms with Gasteiger partial charge in [0, 0.05) is 11.0 Å². The highest BCUT2D eigenvalue weighted by Crippen LogP contribution is 2.27. The lowest BCUT2D eigenvalue weighted by atomic mass is 10.3. The van der Waals surface area contributed by atoms with Gasteiger partial charge in [-0.15, -0.1) is 0 Å². The standard InChI is InChI=1S/C10H12BrNO3/c1-15-9-6-7(11)2-3-8(9)12-5-4-10(13)14/h2-3,6,12H,4-5H2,1H3,(H,13,14). The highest BCUT2D eigenvalue weighted by Gasteiger charge is 2.03. The third-order valence-electron chi connectivity index (χ3n) is 1.82. The normalized spacial score (nSPS) is 9.73. The average molecular weight is 274 g/mol. The molecule has 1 aromatic carbocycles. The summed E-state index contributed by atoms with van der Waals surface area (Å²) in [5.74, 6) is -0.131. The molecule has 0 bridgehead atoms. The van der Waals surface area contributed by atoms with Gasteiger partial charge < -0.3 is 15.2 Å². The lowest BCUT2D eigenvalue weighted by molar-refractivity contribution is -0.136. The molecule has 0 atom stereocenters. The number of benzene rings is 1. The lowest BCUT2D eigenvalue weighted by Crippen LogP contribution is -2.08. The number of methoxy groups -OCH3 is 1. The van der Waals surface area contributed by atoms with Gasteiger partial charge in [-0.3, -0.25) is 4.79 Å². The van der Waals surface area contributed by atoms with Gasteiger partial charge in [-0.2, -0.15) is 0 Å². The number of halogens is 1. The SMILES string of the molecule is COc1cc(Br)ccc1NCCC(=O)O. The van der Waals surface area contributed by atoms with E-state index in [-0.39, 0.29) is 6.42 Å². The van der Waals surface area contributed by atoms with E-state index >= 15 is 0 Å². The third kappa shape index (κ3) is 3.79. The summed E-state index contributed by atoms with van der Waals surface area (Å²) < 4.78 is 6.06. The Hall–Kier alpha value is -1.23. The summed E-state index contributed by atoms with van der Waals surface area (Å²) in [6, 6.07) is 5.53. The first-order valence-electron chi connectivity index (χ1n) is 4.42. The fourth-order valence-corrected chi connectivity index (χ4v) is 1.46. The summed E-state index contributed by atoms with van der Waals surface area (Å²) in [6.45, 7) is 0.382. The van der Waals surface area contributed by atoms with Gasteiger partial charge in [-0.1, -0.05) is 15.9 Å². The van der Waals surface area contributed by atoms with Crippen molar-refractivity contribution in [3.05, 3.63) is 22.7 Å². The molecule has 1 aromatic rings. The Morgan fingerprint density at radius 2 is 2.33 bits per heavy atom. The first kappa shape index (κ1) is 11.8. The Bertz CT molecular complexity index is 355. The first-order chi connectivity index (χ1) is 7.13. The zero-order chi connectivity index (χ0) is 11.3. The van der Waals surface area contributed by atoms with E-state index in [1.165, 1.54) is 0 Å². The molecule has 0 saturated carbocycles. The van der Waals surface area contributed by atoms with Crippen LogP contribution in [0.3, 0.4) is 0 Å². The minimum Gasteiger partial charge on any atom is -0.495 e. The Kier molecular flexibility index (Phi) is 4.42. The van der Waals surface area contributed by atoms with Crippen LogP contribution in [0.5, 0.6) is 5.75 Å². The van der Waals surface area contributed by atoms with Gasteiger partial charge in [0.05, 0.1) is 19.2 Å². The van der Waals surface area contributed by atoms with Gasteiger partial charge in [0.2, 0.25) is 0 Å². The number of nitrogens with one attached hydrogen (secondary N) is 1. The van der Waals surface area contributed by atoms with E-state index in [9.17, 15) is 4.79 Å². The number of hydrogen-bond acceptors (Lipinski definition) is 3. The van der Waals surface area contributed by atoms with Crippen molar-refractivity contribution in [2.75, 3.05) is 19.0 Å². The van der Waals surface area contributed by atoms with E-state index in [1.807, 2.05) is 18.2 Å². The van der Waals surface area contributed by atoms with Crippen molar-refractivity contribution in [2.45, 2.75) is 6.42 Å². The van der Waals surface area contributed by atoms with E-state index in [0.717, 1.165) is 10.2 Å². The monoisotopic (exact) mass is 273 g/mol. The van der Waals surface area contributed by atoms with Crippen molar-refractivity contribution in [1.29, 1.82) is 0 Å². The van der Waals surface area contributed by atoms with Gasteiger partial charge in [0.1, 0.15) is 5.75 Å². The minimum absolute atomic E-state index is 0.0826. The molecule has 4 nitrogen and oxygen atoms in total. The first-order valence-corrected chi connectivity index (χ1v) is 5.22. The number of hydrogen-bond donors (Lipinski definition) is 2. The van der Waals surface area contributed by atoms with Crippen molar-refractivity contribution in [3.8, 4) is 5.75 Å². The van der Waals surface area contributed by atoms with Gasteiger partial charge in [-0.25, -0.2) is 0 Å². The molecule has 15 heavy (non-hydrogen) atoms. The van der Waals surface area contributed by atoms with Crippen LogP contribution in [0.15, 0.2) is 22.7 Å². The Labute approximate surface area is 96.4 Å². The smallest absolute Gasteiger partial charge is 0.305 e. The fourth-order valence-electron chi connectivity index (χ4n) is 1.12. The van der Waals surface area contributed by atoms with E-state index in [1.54, 1.807) is 7.11 Å². The quantitative estimate of drug-likeness (QED) is 0.865. The molecular weight excluding hydrogens is 262 g/mol. The van der Waals surface area contributed by atoms with Gasteiger partial charge in [-0.05, 0) is 18.2 Å². The molecule has 1 rings (SSSR count). The summed E-state index contributed by atoms with van der Waals surface area (Å²) in [7, 11) is 1.57. The van der Waals surface area contributed by atoms with E-state index in [0.29, 0.717) is 12.3 Å². The molecule has 0 fully saturated rings. The van der Waals surface area contributed by atoms with Crippen LogP contribution in [0.4, 0.5) is 5.69 Å². The largest absolute Gasteiger partial charge is 0.495 e. The molecule has 0 heterocycles. The molecule has 0 saturated heterocycles. The highest BCUT2D eigenvalue weighted by atomic mass is 79.9. The van der Waals surface area contributed by atoms with Crippen molar-refractivity contribution in [1.82, 2.24) is 0 Å². The average Bonchev–Trinajstić information content (AvgIpc) is 2.19. The maximum Gasteiger partial charge on any atom is 0.305 e. The number of carboxylic acid groups (broad SMARTS) is 1. The van der Waals surface area contributed by atoms with Crippen LogP contribution in [0.2, 0.25) is 0 Å². The summed E-state index contributed by atoms with van der Waals surface area (Å²) >= 11 is 3.33. The summed E-state index contributed by atoms with van der Waals surface area (Å²) in [6.07, 6.45) is 0.0826. The Morgan fingerprint density at radius 1 is 1.60 bits per heavy atom. The number of ether oxygens (including phenoxy) is 1. The number of anilines is 1. The molecule has 2 N–H and O–H groups in total. The van der Waals surface area contributed by atoms with E-state index < -0.39 is 5.97 Å². The molecule has 0 aliphatic heterocycles. The van der Waals surface area contributed by atoms with Crippen LogP contribution < -0.4 is 10.1 Å². The molecule has 0 spiro atoms. The molecule has 0 amide bonds. The van der Waals surface area contributed by atoms with Crippen molar-refractivity contribution < 1.29 is 14.6 Å². The third-order valence-corrected chi connectivity index (χ3v) is 2.31. The zero-order valence-electron chi connectivity index (χ0n) is 8.29. The molecule has 0 radical (unpaired) electrons. The van der Waals surface area contributed by atoms with Crippen molar-refractivity contribution >= 4 is 27.6 Å². The molecule has 0 unspecified atom stereocenters. The summed E-state index contributed by atoms with van der Waals surface area (Å²) in [5, 5.41) is 11.5. The highest BCUT2D eigenvalue weighted by molar-refractivity contribution is 9.10. The summed E-state index contributed by atoms with van der Waals surface area (Å²) in [5.41, 5.74) is 0.793. The second-order valence-corrected chi connectivity index (χ2v) is 3.83. The van der Waals surface area contributed by atoms with Crippen molar-refractivity contribution in [2.24, 2.45) is 0 Å². The molecule has 82 valence electrons. The van der Waals surface area contributed by atoms with Gasteiger partial charge in [0.15, 0.2) is 0 Å². The number of carboxylic acids is 1. The predicted molar refractivity (Wildman–Crippen MR) is 61.4 cm³/mol. The Morgan fingerprint density at radius 3 is 2.93 bits per heavy atom. The lowest BCUT2D eigenvalue weighted by Gasteiger charge is -2.10. The number of carbonyl (C=O) groups is 1. The maximum absolute atomic E-state index is 10.3. The van der Waals surface area contributed by atoms with Crippen molar-refractivity contribution in [3.63, 3.8) is 0 Å². The van der Waals surface area contributed by atoms with Gasteiger partial charge in [0.25, 0.3) is 0 Å². The predicted octanol–water partition coefficient (Wildman–Crippen LogP) is 2.34. The van der Waals surface area contributed by atoms with E-state index in [2.05, 4.69) is 21.2 Å². The zero-order valence-corrected chi connectivity index (χ0v) is 9.87. The molecule has 0 aliphatic rings. The van der Waals surface area contributed by atoms with Crippen LogP contribution in [0, 0.1) is 0 Å². The second kappa shape index (κ2) is 5.60. The topological polar surface area (TPSA) is 58.6 Å². The van der Waals surface area contributed by atoms with Gasteiger partial charge >= 0.3 is 5.97 Å². The van der Waals surface area contributed by atoms with Crippen LogP contribution in [0.1, 0.15) is 6.42 Å². The number of aliphatic carboxylic acids is 1. The Balaban J connectivity index is 2.63. The van der Waals surface area contributed by atoms with E-state index in [4.69, 9.17) is 9.84 Å². The molecular formula is C10H12BrNO3. The number of rotatable bonds is 5. The maximum atomic E-state index is 10.3. The second-order valence-electron chi connectivity index (χ2n) is 2.92. The molecule has 5 heteroatoms. The van der Waals surface area contributed by atoms with Crippen LogP contribution >= 0.6 is 15.9 Å². The summed E-state index contributed by atoms with van der Waals surface area (Å²) in [4.78, 5) is 10.3. The van der Waals surface area contributed by atoms with Crippen LogP contribution in [-0.4, -0.2) is 24.7 Å². The molecule has 0 aliphatic carbocycles. The van der Waals surface area contributed by atoms with Crippen LogP contribution in [0.25, 0.3) is 0 Å².